The van der Waals surface area contributed by atoms with Crippen molar-refractivity contribution < 1.29 is 14.3 Å². The highest BCUT2D eigenvalue weighted by molar-refractivity contribution is 6.31. The predicted octanol–water partition coefficient (Wildman–Crippen LogP) is 3.48. The van der Waals surface area contributed by atoms with Crippen LogP contribution in [-0.4, -0.2) is 28.2 Å². The Balaban J connectivity index is 1.70. The second-order valence-corrected chi connectivity index (χ2v) is 7.09. The van der Waals surface area contributed by atoms with Crippen molar-refractivity contribution in [3.8, 4) is 5.75 Å². The SMILES string of the molecule is Cc1nn(CC(C)C)c(Cl)c1/C=C/C(=O)Nc1ccc2c(c1)NC(=O)CO2. The Kier molecular flexibility index (Phi) is 5.51. The molecule has 1 aliphatic heterocycles. The maximum absolute atomic E-state index is 12.2. The van der Waals surface area contributed by atoms with Gasteiger partial charge in [-0.05, 0) is 37.1 Å². The number of aryl methyl sites for hydroxylation is 1. The number of rotatable bonds is 5. The number of nitrogens with zero attached hydrogens (tertiary/aromatic N) is 2. The molecule has 27 heavy (non-hydrogen) atoms. The van der Waals surface area contributed by atoms with E-state index in [1.54, 1.807) is 29.0 Å². The Bertz CT molecular complexity index is 918. The van der Waals surface area contributed by atoms with Gasteiger partial charge in [0.1, 0.15) is 10.9 Å². The molecule has 0 saturated heterocycles. The molecular weight excluding hydrogens is 368 g/mol. The normalized spacial score (nSPS) is 13.4. The summed E-state index contributed by atoms with van der Waals surface area (Å²) in [5, 5.41) is 10.4. The van der Waals surface area contributed by atoms with Crippen molar-refractivity contribution in [2.24, 2.45) is 5.92 Å². The van der Waals surface area contributed by atoms with Crippen LogP contribution in [0.15, 0.2) is 24.3 Å². The first-order valence-electron chi connectivity index (χ1n) is 8.62. The van der Waals surface area contributed by atoms with Gasteiger partial charge in [0, 0.05) is 23.9 Å². The predicted molar refractivity (Wildman–Crippen MR) is 105 cm³/mol. The maximum Gasteiger partial charge on any atom is 0.262 e. The largest absolute Gasteiger partial charge is 0.482 e. The van der Waals surface area contributed by atoms with Gasteiger partial charge in [0.25, 0.3) is 5.91 Å². The Morgan fingerprint density at radius 1 is 1.48 bits per heavy atom. The number of ether oxygens (including phenoxy) is 1. The molecule has 0 fully saturated rings. The van der Waals surface area contributed by atoms with E-state index in [0.29, 0.717) is 34.7 Å². The third kappa shape index (κ3) is 4.49. The van der Waals surface area contributed by atoms with Gasteiger partial charge >= 0.3 is 0 Å². The van der Waals surface area contributed by atoms with E-state index in [-0.39, 0.29) is 18.4 Å². The minimum Gasteiger partial charge on any atom is -0.482 e. The fraction of sp³-hybridized carbons (Fsp3) is 0.316. The number of carbonyl (C=O) groups is 2. The Morgan fingerprint density at radius 2 is 2.26 bits per heavy atom. The van der Waals surface area contributed by atoms with Gasteiger partial charge < -0.3 is 15.4 Å². The molecule has 0 aliphatic carbocycles. The van der Waals surface area contributed by atoms with Crippen LogP contribution in [-0.2, 0) is 16.1 Å². The summed E-state index contributed by atoms with van der Waals surface area (Å²) in [6, 6.07) is 5.06. The van der Waals surface area contributed by atoms with E-state index in [0.717, 1.165) is 11.3 Å². The van der Waals surface area contributed by atoms with Crippen LogP contribution in [0.4, 0.5) is 11.4 Å². The Morgan fingerprint density at radius 3 is 3.00 bits per heavy atom. The lowest BCUT2D eigenvalue weighted by atomic mass is 10.2. The molecular formula is C19H21ClN4O3. The number of fused-ring (bicyclic) bond motifs is 1. The molecule has 0 radical (unpaired) electrons. The minimum absolute atomic E-state index is 0.00789. The first kappa shape index (κ1) is 19.0. The number of anilines is 2. The van der Waals surface area contributed by atoms with E-state index >= 15 is 0 Å². The van der Waals surface area contributed by atoms with Crippen molar-refractivity contribution in [1.82, 2.24) is 9.78 Å². The number of halogens is 1. The summed E-state index contributed by atoms with van der Waals surface area (Å²) >= 11 is 6.37. The van der Waals surface area contributed by atoms with Gasteiger partial charge in [0.15, 0.2) is 6.61 Å². The minimum atomic E-state index is -0.315. The molecule has 0 atom stereocenters. The molecule has 142 valence electrons. The zero-order valence-electron chi connectivity index (χ0n) is 15.4. The highest BCUT2D eigenvalue weighted by atomic mass is 35.5. The van der Waals surface area contributed by atoms with Crippen molar-refractivity contribution in [3.05, 3.63) is 40.7 Å². The summed E-state index contributed by atoms with van der Waals surface area (Å²) in [6.07, 6.45) is 3.06. The highest BCUT2D eigenvalue weighted by Gasteiger charge is 2.16. The first-order chi connectivity index (χ1) is 12.8. The van der Waals surface area contributed by atoms with Gasteiger partial charge in [-0.2, -0.15) is 5.10 Å². The molecule has 2 N–H and O–H groups in total. The third-order valence-electron chi connectivity index (χ3n) is 3.93. The lowest BCUT2D eigenvalue weighted by Gasteiger charge is -2.18. The second-order valence-electron chi connectivity index (χ2n) is 6.74. The van der Waals surface area contributed by atoms with Crippen molar-refractivity contribution in [2.75, 3.05) is 17.2 Å². The summed E-state index contributed by atoms with van der Waals surface area (Å²) in [6.45, 7) is 6.73. The van der Waals surface area contributed by atoms with Gasteiger partial charge in [-0.3, -0.25) is 14.3 Å². The van der Waals surface area contributed by atoms with Crippen LogP contribution in [0.2, 0.25) is 5.15 Å². The summed E-state index contributed by atoms with van der Waals surface area (Å²) in [7, 11) is 0. The monoisotopic (exact) mass is 388 g/mol. The van der Waals surface area contributed by atoms with Gasteiger partial charge in [-0.25, -0.2) is 0 Å². The van der Waals surface area contributed by atoms with Crippen LogP contribution in [0.25, 0.3) is 6.08 Å². The first-order valence-corrected chi connectivity index (χ1v) is 9.00. The fourth-order valence-electron chi connectivity index (χ4n) is 2.73. The number of hydrogen-bond donors (Lipinski definition) is 2. The molecule has 1 aromatic carbocycles. The van der Waals surface area contributed by atoms with E-state index in [4.69, 9.17) is 16.3 Å². The van der Waals surface area contributed by atoms with Crippen molar-refractivity contribution in [3.63, 3.8) is 0 Å². The van der Waals surface area contributed by atoms with Crippen LogP contribution in [0.3, 0.4) is 0 Å². The van der Waals surface area contributed by atoms with Gasteiger partial charge in [-0.1, -0.05) is 25.4 Å². The zero-order valence-corrected chi connectivity index (χ0v) is 16.1. The van der Waals surface area contributed by atoms with Gasteiger partial charge in [-0.15, -0.1) is 0 Å². The average Bonchev–Trinajstić information content (AvgIpc) is 2.85. The van der Waals surface area contributed by atoms with Crippen molar-refractivity contribution in [1.29, 1.82) is 0 Å². The summed E-state index contributed by atoms with van der Waals surface area (Å²) in [4.78, 5) is 23.6. The van der Waals surface area contributed by atoms with E-state index < -0.39 is 0 Å². The lowest BCUT2D eigenvalue weighted by Crippen LogP contribution is -2.25. The average molecular weight is 389 g/mol. The number of aromatic nitrogens is 2. The number of benzene rings is 1. The molecule has 2 amide bonds. The molecule has 1 aliphatic rings. The molecule has 2 heterocycles. The molecule has 1 aromatic heterocycles. The van der Waals surface area contributed by atoms with Crippen molar-refractivity contribution >= 4 is 40.9 Å². The van der Waals surface area contributed by atoms with Crippen LogP contribution >= 0.6 is 11.6 Å². The van der Waals surface area contributed by atoms with Crippen molar-refractivity contribution in [2.45, 2.75) is 27.3 Å². The van der Waals surface area contributed by atoms with Crippen LogP contribution in [0.1, 0.15) is 25.1 Å². The molecule has 8 heteroatoms. The zero-order chi connectivity index (χ0) is 19.6. The lowest BCUT2D eigenvalue weighted by molar-refractivity contribution is -0.118. The number of hydrogen-bond acceptors (Lipinski definition) is 4. The van der Waals surface area contributed by atoms with Crippen LogP contribution in [0, 0.1) is 12.8 Å². The van der Waals surface area contributed by atoms with Gasteiger partial charge in [0.2, 0.25) is 5.91 Å². The maximum atomic E-state index is 12.2. The van der Waals surface area contributed by atoms with Crippen LogP contribution < -0.4 is 15.4 Å². The standard InChI is InChI=1S/C19H21ClN4O3/c1-11(2)9-24-19(20)14(12(3)23-24)5-7-17(25)21-13-4-6-16-15(8-13)22-18(26)10-27-16/h4-8,11H,9-10H2,1-3H3,(H,21,25)(H,22,26)/b7-5+. The van der Waals surface area contributed by atoms with E-state index in [2.05, 4.69) is 29.6 Å². The Labute approximate surface area is 162 Å². The quantitative estimate of drug-likeness (QED) is 0.768. The molecule has 0 bridgehead atoms. The van der Waals surface area contributed by atoms with E-state index in [1.165, 1.54) is 6.08 Å². The second kappa shape index (κ2) is 7.84. The molecule has 7 nitrogen and oxygen atoms in total. The Hall–Kier alpha value is -2.80. The molecule has 0 unspecified atom stereocenters. The van der Waals surface area contributed by atoms with Gasteiger partial charge in [0.05, 0.1) is 11.4 Å². The smallest absolute Gasteiger partial charge is 0.262 e. The highest BCUT2D eigenvalue weighted by Crippen LogP contribution is 2.30. The number of nitrogens with one attached hydrogen (secondary N) is 2. The summed E-state index contributed by atoms with van der Waals surface area (Å²) in [5.74, 6) is 0.443. The third-order valence-corrected chi connectivity index (χ3v) is 4.33. The molecule has 3 rings (SSSR count). The number of carbonyl (C=O) groups excluding carboxylic acids is 2. The van der Waals surface area contributed by atoms with E-state index in [1.807, 2.05) is 6.92 Å². The molecule has 0 saturated carbocycles. The molecule has 0 spiro atoms. The topological polar surface area (TPSA) is 85.3 Å². The number of amides is 2. The fourth-order valence-corrected chi connectivity index (χ4v) is 3.03. The summed E-state index contributed by atoms with van der Waals surface area (Å²) < 4.78 is 7.04. The summed E-state index contributed by atoms with van der Waals surface area (Å²) in [5.41, 5.74) is 2.56. The van der Waals surface area contributed by atoms with E-state index in [9.17, 15) is 9.59 Å². The molecule has 2 aromatic rings. The van der Waals surface area contributed by atoms with Crippen LogP contribution in [0.5, 0.6) is 5.75 Å².